The Labute approximate surface area is 109 Å². The zero-order valence-electron chi connectivity index (χ0n) is 11.5. The molecule has 2 aliphatic rings. The molecule has 1 saturated carbocycles. The van der Waals surface area contributed by atoms with E-state index in [4.69, 9.17) is 4.74 Å². The number of ether oxygens (including phenoxy) is 1. The van der Waals surface area contributed by atoms with Gasteiger partial charge in [-0.15, -0.1) is 0 Å². The van der Waals surface area contributed by atoms with Gasteiger partial charge in [-0.2, -0.15) is 0 Å². The Kier molecular flexibility index (Phi) is 4.62. The predicted octanol–water partition coefficient (Wildman–Crippen LogP) is 1.99. The van der Waals surface area contributed by atoms with Crippen molar-refractivity contribution in [2.45, 2.75) is 51.1 Å². The summed E-state index contributed by atoms with van der Waals surface area (Å²) >= 11 is 0. The SMILES string of the molecule is CCC1CCC(N(C)C2COCC2C(=O)O)CC1. The maximum atomic E-state index is 11.2. The zero-order chi connectivity index (χ0) is 13.1. The normalized spacial score (nSPS) is 37.1. The molecule has 1 saturated heterocycles. The van der Waals surface area contributed by atoms with Crippen LogP contribution in [0, 0.1) is 11.8 Å². The summed E-state index contributed by atoms with van der Waals surface area (Å²) < 4.78 is 5.36. The van der Waals surface area contributed by atoms with Crippen LogP contribution < -0.4 is 0 Å². The van der Waals surface area contributed by atoms with E-state index >= 15 is 0 Å². The van der Waals surface area contributed by atoms with Crippen molar-refractivity contribution in [1.82, 2.24) is 4.90 Å². The van der Waals surface area contributed by atoms with Crippen LogP contribution in [0.2, 0.25) is 0 Å². The monoisotopic (exact) mass is 255 g/mol. The topological polar surface area (TPSA) is 49.8 Å². The van der Waals surface area contributed by atoms with Crippen LogP contribution in [-0.4, -0.2) is 48.3 Å². The first-order valence-corrected chi connectivity index (χ1v) is 7.16. The highest BCUT2D eigenvalue weighted by molar-refractivity contribution is 5.71. The van der Waals surface area contributed by atoms with Crippen molar-refractivity contribution in [2.75, 3.05) is 20.3 Å². The molecule has 0 aromatic heterocycles. The summed E-state index contributed by atoms with van der Waals surface area (Å²) in [4.78, 5) is 13.5. The molecule has 1 aliphatic heterocycles. The van der Waals surface area contributed by atoms with E-state index in [9.17, 15) is 9.90 Å². The first-order valence-electron chi connectivity index (χ1n) is 7.16. The zero-order valence-corrected chi connectivity index (χ0v) is 11.5. The molecule has 2 rings (SSSR count). The number of likely N-dealkylation sites (N-methyl/N-ethyl adjacent to an activating group) is 1. The maximum absolute atomic E-state index is 11.2. The summed E-state index contributed by atoms with van der Waals surface area (Å²) in [6.07, 6.45) is 6.27. The first-order chi connectivity index (χ1) is 8.63. The third-order valence-corrected chi connectivity index (χ3v) is 4.86. The van der Waals surface area contributed by atoms with Gasteiger partial charge in [-0.1, -0.05) is 13.3 Å². The summed E-state index contributed by atoms with van der Waals surface area (Å²) in [5, 5.41) is 9.20. The van der Waals surface area contributed by atoms with Gasteiger partial charge in [-0.05, 0) is 38.6 Å². The molecule has 0 spiro atoms. The number of aliphatic carboxylic acids is 1. The lowest BCUT2D eigenvalue weighted by Crippen LogP contribution is -2.47. The fourth-order valence-electron chi connectivity index (χ4n) is 3.41. The molecule has 0 radical (unpaired) electrons. The van der Waals surface area contributed by atoms with Crippen LogP contribution in [0.15, 0.2) is 0 Å². The third kappa shape index (κ3) is 2.86. The smallest absolute Gasteiger partial charge is 0.310 e. The van der Waals surface area contributed by atoms with Crippen LogP contribution in [0.4, 0.5) is 0 Å². The highest BCUT2D eigenvalue weighted by Crippen LogP contribution is 2.31. The van der Waals surface area contributed by atoms with Gasteiger partial charge >= 0.3 is 5.97 Å². The molecule has 0 aromatic rings. The Balaban J connectivity index is 1.91. The van der Waals surface area contributed by atoms with Crippen molar-refractivity contribution in [3.63, 3.8) is 0 Å². The van der Waals surface area contributed by atoms with Gasteiger partial charge < -0.3 is 9.84 Å². The Bertz CT molecular complexity index is 287. The number of nitrogens with zero attached hydrogens (tertiary/aromatic N) is 1. The van der Waals surface area contributed by atoms with E-state index in [1.165, 1.54) is 32.1 Å². The van der Waals surface area contributed by atoms with E-state index in [1.54, 1.807) is 0 Å². The van der Waals surface area contributed by atoms with Crippen LogP contribution in [0.1, 0.15) is 39.0 Å². The molecule has 18 heavy (non-hydrogen) atoms. The molecule has 2 fully saturated rings. The molecule has 2 atom stereocenters. The average Bonchev–Trinajstić information content (AvgIpc) is 2.87. The van der Waals surface area contributed by atoms with Crippen molar-refractivity contribution in [2.24, 2.45) is 11.8 Å². The summed E-state index contributed by atoms with van der Waals surface area (Å²) in [5.74, 6) is -0.185. The van der Waals surface area contributed by atoms with E-state index in [0.717, 1.165) is 5.92 Å². The third-order valence-electron chi connectivity index (χ3n) is 4.86. The van der Waals surface area contributed by atoms with E-state index in [2.05, 4.69) is 18.9 Å². The van der Waals surface area contributed by atoms with Gasteiger partial charge in [0.1, 0.15) is 0 Å². The minimum atomic E-state index is -0.716. The molecule has 1 N–H and O–H groups in total. The van der Waals surface area contributed by atoms with E-state index in [0.29, 0.717) is 19.3 Å². The van der Waals surface area contributed by atoms with E-state index < -0.39 is 5.97 Å². The highest BCUT2D eigenvalue weighted by Gasteiger charge is 2.39. The van der Waals surface area contributed by atoms with Gasteiger partial charge in [0.05, 0.1) is 19.1 Å². The molecule has 0 amide bonds. The highest BCUT2D eigenvalue weighted by atomic mass is 16.5. The number of carbonyl (C=O) groups is 1. The number of rotatable bonds is 4. The number of carboxylic acids is 1. The van der Waals surface area contributed by atoms with Crippen molar-refractivity contribution in [3.05, 3.63) is 0 Å². The quantitative estimate of drug-likeness (QED) is 0.834. The van der Waals surface area contributed by atoms with Gasteiger partial charge in [0.2, 0.25) is 0 Å². The van der Waals surface area contributed by atoms with E-state index in [1.807, 2.05) is 0 Å². The van der Waals surface area contributed by atoms with Gasteiger partial charge in [0.25, 0.3) is 0 Å². The molecule has 4 heteroatoms. The number of hydrogen-bond acceptors (Lipinski definition) is 3. The fraction of sp³-hybridized carbons (Fsp3) is 0.929. The lowest BCUT2D eigenvalue weighted by molar-refractivity contribution is -0.143. The second kappa shape index (κ2) is 6.02. The van der Waals surface area contributed by atoms with Gasteiger partial charge in [-0.3, -0.25) is 9.69 Å². The summed E-state index contributed by atoms with van der Waals surface area (Å²) in [7, 11) is 2.08. The second-order valence-electron chi connectivity index (χ2n) is 5.80. The molecule has 104 valence electrons. The number of hydrogen-bond donors (Lipinski definition) is 1. The van der Waals surface area contributed by atoms with Crippen LogP contribution in [0.25, 0.3) is 0 Å². The maximum Gasteiger partial charge on any atom is 0.310 e. The molecule has 1 heterocycles. The van der Waals surface area contributed by atoms with E-state index in [-0.39, 0.29) is 12.0 Å². The fourth-order valence-corrected chi connectivity index (χ4v) is 3.41. The minimum absolute atomic E-state index is 0.0608. The molecule has 1 aliphatic carbocycles. The van der Waals surface area contributed by atoms with Crippen molar-refractivity contribution in [3.8, 4) is 0 Å². The lowest BCUT2D eigenvalue weighted by atomic mass is 9.83. The Morgan fingerprint density at radius 1 is 1.28 bits per heavy atom. The Morgan fingerprint density at radius 2 is 1.94 bits per heavy atom. The van der Waals surface area contributed by atoms with Gasteiger partial charge in [0, 0.05) is 12.1 Å². The molecule has 0 aromatic carbocycles. The van der Waals surface area contributed by atoms with Crippen LogP contribution in [0.3, 0.4) is 0 Å². The average molecular weight is 255 g/mol. The summed E-state index contributed by atoms with van der Waals surface area (Å²) in [5.41, 5.74) is 0. The molecule has 2 unspecified atom stereocenters. The molecular weight excluding hydrogens is 230 g/mol. The van der Waals surface area contributed by atoms with Gasteiger partial charge in [-0.25, -0.2) is 0 Å². The van der Waals surface area contributed by atoms with Crippen LogP contribution in [0.5, 0.6) is 0 Å². The Morgan fingerprint density at radius 3 is 2.50 bits per heavy atom. The van der Waals surface area contributed by atoms with Crippen molar-refractivity contribution in [1.29, 1.82) is 0 Å². The summed E-state index contributed by atoms with van der Waals surface area (Å²) in [6, 6.07) is 0.604. The molecular formula is C14H25NO3. The van der Waals surface area contributed by atoms with Crippen LogP contribution >= 0.6 is 0 Å². The standard InChI is InChI=1S/C14H25NO3/c1-3-10-4-6-11(7-5-10)15(2)13-9-18-8-12(13)14(16)17/h10-13H,3-9H2,1-2H3,(H,16,17). The van der Waals surface area contributed by atoms with Crippen molar-refractivity contribution >= 4 is 5.97 Å². The summed E-state index contributed by atoms with van der Waals surface area (Å²) in [6.45, 7) is 3.20. The molecule has 0 bridgehead atoms. The largest absolute Gasteiger partial charge is 0.481 e. The van der Waals surface area contributed by atoms with Crippen LogP contribution in [-0.2, 0) is 9.53 Å². The Hall–Kier alpha value is -0.610. The minimum Gasteiger partial charge on any atom is -0.481 e. The molecule has 4 nitrogen and oxygen atoms in total. The van der Waals surface area contributed by atoms with Gasteiger partial charge in [0.15, 0.2) is 0 Å². The number of carboxylic acid groups (broad SMARTS) is 1. The second-order valence-corrected chi connectivity index (χ2v) is 5.80. The predicted molar refractivity (Wildman–Crippen MR) is 69.5 cm³/mol. The lowest BCUT2D eigenvalue weighted by Gasteiger charge is -2.38. The van der Waals surface area contributed by atoms with Crippen molar-refractivity contribution < 1.29 is 14.6 Å². The first kappa shape index (κ1) is 13.8.